The fraction of sp³-hybridized carbons (Fsp3) is 0.429. The zero-order valence-corrected chi connectivity index (χ0v) is 24.2. The van der Waals surface area contributed by atoms with E-state index < -0.39 is 47.0 Å². The molecule has 0 fully saturated rings. The molecule has 0 radical (unpaired) electrons. The number of carbonyl (C=O) groups is 4. The van der Waals surface area contributed by atoms with Crippen LogP contribution >= 0.6 is 0 Å². The van der Waals surface area contributed by atoms with Gasteiger partial charge >= 0.3 is 12.0 Å². The van der Waals surface area contributed by atoms with Crippen LogP contribution in [0.25, 0.3) is 0 Å². The van der Waals surface area contributed by atoms with Crippen molar-refractivity contribution in [2.75, 3.05) is 18.5 Å². The van der Waals surface area contributed by atoms with Crippen LogP contribution in [0, 0.1) is 16.0 Å². The monoisotopic (exact) mass is 602 g/mol. The second-order valence-electron chi connectivity index (χ2n) is 9.96. The van der Waals surface area contributed by atoms with E-state index in [1.807, 2.05) is 0 Å². The first-order chi connectivity index (χ1) is 20.3. The zero-order valence-electron chi connectivity index (χ0n) is 24.2. The number of ether oxygens (including phenoxy) is 2. The molecule has 2 aromatic carbocycles. The van der Waals surface area contributed by atoms with E-state index in [-0.39, 0.29) is 43.5 Å². The maximum absolute atomic E-state index is 13.1. The van der Waals surface area contributed by atoms with E-state index in [0.717, 1.165) is 0 Å². The molecule has 2 aromatic rings. The van der Waals surface area contributed by atoms with Gasteiger partial charge < -0.3 is 36.3 Å². The smallest absolute Gasteiger partial charge is 0.337 e. The molecule has 234 valence electrons. The van der Waals surface area contributed by atoms with E-state index in [0.29, 0.717) is 17.7 Å². The standard InChI is InChI=1S/C28H38N6O9/c1-17(2)25(31-18(3)35)27(38)33-23(5-4-14-30-28(29)39)26(37)32-20-8-6-19(7-9-20)15-42-16-24(36)43-22-12-10-21(11-13-22)34(40)41/h6-13,17-18,23,25,31,35H,4-5,14-16H2,1-3H3,(H,32,37)(H,33,38)(H3,29,30,39)/t18-,23+,25+/m1/s1. The highest BCUT2D eigenvalue weighted by atomic mass is 16.6. The number of hydrogen-bond donors (Lipinski definition) is 6. The summed E-state index contributed by atoms with van der Waals surface area (Å²) < 4.78 is 10.5. The first-order valence-corrected chi connectivity index (χ1v) is 13.6. The van der Waals surface area contributed by atoms with E-state index in [1.165, 1.54) is 31.2 Å². The number of esters is 1. The van der Waals surface area contributed by atoms with Crippen molar-refractivity contribution < 1.29 is 38.7 Å². The summed E-state index contributed by atoms with van der Waals surface area (Å²) in [7, 11) is 0. The first kappa shape index (κ1) is 34.6. The molecule has 0 aliphatic rings. The van der Waals surface area contributed by atoms with Crippen LogP contribution in [-0.4, -0.2) is 65.3 Å². The van der Waals surface area contributed by atoms with Crippen LogP contribution in [-0.2, 0) is 25.7 Å². The molecule has 4 amide bonds. The molecule has 0 aliphatic carbocycles. The Labute approximate surface area is 248 Å². The lowest BCUT2D eigenvalue weighted by Crippen LogP contribution is -2.55. The van der Waals surface area contributed by atoms with Crippen molar-refractivity contribution in [2.45, 2.75) is 58.5 Å². The van der Waals surface area contributed by atoms with Crippen LogP contribution in [0.4, 0.5) is 16.2 Å². The number of amides is 4. The summed E-state index contributed by atoms with van der Waals surface area (Å²) in [5.41, 5.74) is 6.11. The van der Waals surface area contributed by atoms with Gasteiger partial charge in [-0.3, -0.25) is 25.0 Å². The third-order valence-electron chi connectivity index (χ3n) is 5.96. The second-order valence-corrected chi connectivity index (χ2v) is 9.96. The molecule has 15 nitrogen and oxygen atoms in total. The number of nitro benzene ring substituents is 1. The van der Waals surface area contributed by atoms with Gasteiger partial charge in [0, 0.05) is 24.4 Å². The van der Waals surface area contributed by atoms with E-state index in [4.69, 9.17) is 15.2 Å². The number of hydrogen-bond acceptors (Lipinski definition) is 10. The lowest BCUT2D eigenvalue weighted by atomic mass is 10.0. The molecule has 0 bridgehead atoms. The Morgan fingerprint density at radius 3 is 2.21 bits per heavy atom. The second kappa shape index (κ2) is 17.4. The SMILES string of the molecule is CC(C)[C@H](N[C@@H](C)O)C(=O)N[C@@H](CCCNC(N)=O)C(=O)Nc1ccc(COCC(=O)Oc2ccc([N+](=O)[O-])cc2)cc1. The molecule has 0 saturated heterocycles. The largest absolute Gasteiger partial charge is 0.425 e. The Morgan fingerprint density at radius 2 is 1.65 bits per heavy atom. The minimum absolute atomic E-state index is 0.0714. The van der Waals surface area contributed by atoms with Gasteiger partial charge in [-0.2, -0.15) is 0 Å². The Morgan fingerprint density at radius 1 is 1.00 bits per heavy atom. The lowest BCUT2D eigenvalue weighted by molar-refractivity contribution is -0.384. The zero-order chi connectivity index (χ0) is 31.9. The van der Waals surface area contributed by atoms with Gasteiger partial charge in [0.2, 0.25) is 11.8 Å². The van der Waals surface area contributed by atoms with Gasteiger partial charge in [0.1, 0.15) is 24.6 Å². The van der Waals surface area contributed by atoms with Crippen LogP contribution in [0.2, 0.25) is 0 Å². The van der Waals surface area contributed by atoms with E-state index in [9.17, 15) is 34.4 Å². The summed E-state index contributed by atoms with van der Waals surface area (Å²) >= 11 is 0. The van der Waals surface area contributed by atoms with E-state index in [2.05, 4.69) is 21.3 Å². The minimum atomic E-state index is -0.941. The summed E-state index contributed by atoms with van der Waals surface area (Å²) in [4.78, 5) is 59.2. The molecular weight excluding hydrogens is 564 g/mol. The topological polar surface area (TPSA) is 224 Å². The molecule has 15 heteroatoms. The van der Waals surface area contributed by atoms with Gasteiger partial charge in [0.25, 0.3) is 5.69 Å². The third kappa shape index (κ3) is 12.8. The maximum atomic E-state index is 13.1. The molecule has 2 rings (SSSR count). The number of primary amides is 1. The highest BCUT2D eigenvalue weighted by molar-refractivity contribution is 5.97. The van der Waals surface area contributed by atoms with Crippen LogP contribution in [0.5, 0.6) is 5.75 Å². The van der Waals surface area contributed by atoms with Gasteiger partial charge in [-0.1, -0.05) is 26.0 Å². The number of nitrogens with zero attached hydrogens (tertiary/aromatic N) is 1. The number of aliphatic hydroxyl groups is 1. The number of carbonyl (C=O) groups excluding carboxylic acids is 4. The average molecular weight is 603 g/mol. The predicted octanol–water partition coefficient (Wildman–Crippen LogP) is 1.54. The first-order valence-electron chi connectivity index (χ1n) is 13.6. The lowest BCUT2D eigenvalue weighted by Gasteiger charge is -2.26. The third-order valence-corrected chi connectivity index (χ3v) is 5.96. The van der Waals surface area contributed by atoms with Crippen molar-refractivity contribution in [2.24, 2.45) is 11.7 Å². The highest BCUT2D eigenvalue weighted by Gasteiger charge is 2.28. The van der Waals surface area contributed by atoms with Crippen molar-refractivity contribution in [1.82, 2.24) is 16.0 Å². The van der Waals surface area contributed by atoms with Crippen molar-refractivity contribution in [3.8, 4) is 5.75 Å². The number of benzene rings is 2. The molecule has 0 aromatic heterocycles. The number of nitro groups is 1. The Hall–Kier alpha value is -4.60. The minimum Gasteiger partial charge on any atom is -0.425 e. The quantitative estimate of drug-likeness (QED) is 0.0382. The number of urea groups is 1. The van der Waals surface area contributed by atoms with Crippen molar-refractivity contribution in [1.29, 1.82) is 0 Å². The van der Waals surface area contributed by atoms with Gasteiger partial charge in [-0.15, -0.1) is 0 Å². The van der Waals surface area contributed by atoms with Gasteiger partial charge in [0.15, 0.2) is 0 Å². The van der Waals surface area contributed by atoms with Gasteiger partial charge in [0.05, 0.1) is 17.6 Å². The van der Waals surface area contributed by atoms with E-state index >= 15 is 0 Å². The van der Waals surface area contributed by atoms with Crippen LogP contribution in [0.3, 0.4) is 0 Å². The van der Waals surface area contributed by atoms with Gasteiger partial charge in [-0.05, 0) is 55.5 Å². The molecule has 7 N–H and O–H groups in total. The number of non-ortho nitro benzene ring substituents is 1. The van der Waals surface area contributed by atoms with Crippen LogP contribution in [0.1, 0.15) is 39.2 Å². The molecule has 43 heavy (non-hydrogen) atoms. The normalized spacial score (nSPS) is 13.0. The molecular formula is C28H38N6O9. The van der Waals surface area contributed by atoms with E-state index in [1.54, 1.807) is 38.1 Å². The van der Waals surface area contributed by atoms with Crippen molar-refractivity contribution >= 4 is 35.2 Å². The molecule has 0 aliphatic heterocycles. The average Bonchev–Trinajstić information content (AvgIpc) is 2.94. The maximum Gasteiger partial charge on any atom is 0.337 e. The Bertz CT molecular complexity index is 1240. The van der Waals surface area contributed by atoms with Crippen LogP contribution in [0.15, 0.2) is 48.5 Å². The Kier molecular flexibility index (Phi) is 14.0. The van der Waals surface area contributed by atoms with Crippen molar-refractivity contribution in [3.05, 3.63) is 64.2 Å². The summed E-state index contributed by atoms with van der Waals surface area (Å²) in [5.74, 6) is -1.64. The molecule has 0 spiro atoms. The number of anilines is 1. The fourth-order valence-corrected chi connectivity index (χ4v) is 3.84. The molecule has 0 saturated carbocycles. The molecule has 3 atom stereocenters. The Balaban J connectivity index is 1.92. The number of aliphatic hydroxyl groups excluding tert-OH is 1. The fourth-order valence-electron chi connectivity index (χ4n) is 3.84. The summed E-state index contributed by atoms with van der Waals surface area (Å²) in [6, 6.07) is 9.31. The van der Waals surface area contributed by atoms with Crippen molar-refractivity contribution in [3.63, 3.8) is 0 Å². The summed E-state index contributed by atoms with van der Waals surface area (Å²) in [5, 5.41) is 31.1. The highest BCUT2D eigenvalue weighted by Crippen LogP contribution is 2.18. The summed E-state index contributed by atoms with van der Waals surface area (Å²) in [6.07, 6.45) is -0.368. The van der Waals surface area contributed by atoms with Gasteiger partial charge in [-0.25, -0.2) is 9.59 Å². The predicted molar refractivity (Wildman–Crippen MR) is 156 cm³/mol. The molecule has 0 unspecified atom stereocenters. The number of nitrogens with one attached hydrogen (secondary N) is 4. The summed E-state index contributed by atoms with van der Waals surface area (Å²) in [6.45, 7) is 5.03. The number of nitrogens with two attached hydrogens (primary N) is 1. The van der Waals surface area contributed by atoms with Crippen LogP contribution < -0.4 is 31.7 Å². The number of rotatable bonds is 17. The molecule has 0 heterocycles.